The third-order valence-corrected chi connectivity index (χ3v) is 6.41. The van der Waals surface area contributed by atoms with E-state index in [0.29, 0.717) is 12.2 Å². The number of carbonyl (C=O) groups is 2. The van der Waals surface area contributed by atoms with Crippen molar-refractivity contribution < 1.29 is 14.3 Å². The molecule has 2 rings (SSSR count). The van der Waals surface area contributed by atoms with E-state index in [1.54, 1.807) is 6.92 Å². The summed E-state index contributed by atoms with van der Waals surface area (Å²) in [7, 11) is 0. The lowest BCUT2D eigenvalue weighted by atomic mass is 9.83. The van der Waals surface area contributed by atoms with Crippen molar-refractivity contribution in [2.24, 2.45) is 0 Å². The second-order valence-electron chi connectivity index (χ2n) is 7.31. The van der Waals surface area contributed by atoms with Crippen LogP contribution < -0.4 is 0 Å². The van der Waals surface area contributed by atoms with Gasteiger partial charge in [0.25, 0.3) is 0 Å². The van der Waals surface area contributed by atoms with Crippen molar-refractivity contribution in [1.29, 1.82) is 0 Å². The maximum atomic E-state index is 12.8. The SMILES string of the molecule is CCOC(=O)Sc1c(C)cc(C(C)(C)C)c(C)c1SC(=O)c1ccccc1. The molecule has 0 aromatic heterocycles. The van der Waals surface area contributed by atoms with E-state index in [4.69, 9.17) is 4.74 Å². The molecule has 2 aromatic rings. The van der Waals surface area contributed by atoms with Crippen LogP contribution in [-0.2, 0) is 10.2 Å². The largest absolute Gasteiger partial charge is 0.458 e. The molecular formula is C22H26O3S2. The lowest BCUT2D eigenvalue weighted by Crippen LogP contribution is -2.15. The first-order chi connectivity index (χ1) is 12.6. The van der Waals surface area contributed by atoms with Gasteiger partial charge in [0, 0.05) is 15.4 Å². The van der Waals surface area contributed by atoms with Crippen LogP contribution in [0.4, 0.5) is 4.79 Å². The summed E-state index contributed by atoms with van der Waals surface area (Å²) in [5.74, 6) is 0. The molecule has 0 aliphatic heterocycles. The van der Waals surface area contributed by atoms with Crippen LogP contribution in [0.2, 0.25) is 0 Å². The molecule has 0 radical (unpaired) electrons. The highest BCUT2D eigenvalue weighted by Crippen LogP contribution is 2.42. The number of ether oxygens (including phenoxy) is 1. The van der Waals surface area contributed by atoms with Gasteiger partial charge in [-0.3, -0.25) is 4.79 Å². The predicted octanol–water partition coefficient (Wildman–Crippen LogP) is 6.78. The summed E-state index contributed by atoms with van der Waals surface area (Å²) in [5, 5.41) is -0.382. The molecule has 27 heavy (non-hydrogen) atoms. The molecule has 0 unspecified atom stereocenters. The minimum Gasteiger partial charge on any atom is -0.458 e. The Bertz CT molecular complexity index is 837. The van der Waals surface area contributed by atoms with Crippen molar-refractivity contribution in [3.8, 4) is 0 Å². The standard InChI is InChI=1S/C22H26O3S2/c1-7-25-21(24)27-18-14(2)13-17(22(4,5)6)15(3)19(18)26-20(23)16-11-9-8-10-12-16/h8-13H,7H2,1-6H3. The summed E-state index contributed by atoms with van der Waals surface area (Å²) in [6.45, 7) is 12.6. The van der Waals surface area contributed by atoms with Crippen molar-refractivity contribution >= 4 is 33.9 Å². The summed E-state index contributed by atoms with van der Waals surface area (Å²) in [4.78, 5) is 26.6. The summed E-state index contributed by atoms with van der Waals surface area (Å²) < 4.78 is 5.11. The third kappa shape index (κ3) is 5.39. The molecule has 0 aliphatic carbocycles. The quantitative estimate of drug-likeness (QED) is 0.416. The van der Waals surface area contributed by atoms with Gasteiger partial charge in [0.1, 0.15) is 0 Å². The van der Waals surface area contributed by atoms with E-state index >= 15 is 0 Å². The highest BCUT2D eigenvalue weighted by molar-refractivity contribution is 8.16. The van der Waals surface area contributed by atoms with E-state index < -0.39 is 0 Å². The number of aryl methyl sites for hydroxylation is 1. The van der Waals surface area contributed by atoms with Crippen LogP contribution in [0.25, 0.3) is 0 Å². The minimum absolute atomic E-state index is 0.0325. The van der Waals surface area contributed by atoms with Gasteiger partial charge in [-0.1, -0.05) is 57.2 Å². The molecule has 2 aromatic carbocycles. The zero-order chi connectivity index (χ0) is 20.2. The first kappa shape index (κ1) is 21.6. The van der Waals surface area contributed by atoms with Gasteiger partial charge in [-0.05, 0) is 66.4 Å². The fourth-order valence-electron chi connectivity index (χ4n) is 2.85. The van der Waals surface area contributed by atoms with Crippen LogP contribution in [-0.4, -0.2) is 17.0 Å². The summed E-state index contributed by atoms with van der Waals surface area (Å²) in [6.07, 6.45) is 0. The van der Waals surface area contributed by atoms with Gasteiger partial charge in [0.15, 0.2) is 0 Å². The van der Waals surface area contributed by atoms with Crippen molar-refractivity contribution in [1.82, 2.24) is 0 Å². The van der Waals surface area contributed by atoms with E-state index in [9.17, 15) is 9.59 Å². The molecule has 0 amide bonds. The second kappa shape index (κ2) is 8.98. The number of thioether (sulfide) groups is 2. The molecule has 0 saturated heterocycles. The van der Waals surface area contributed by atoms with Gasteiger partial charge in [-0.25, -0.2) is 4.79 Å². The lowest BCUT2D eigenvalue weighted by Gasteiger charge is -2.26. The first-order valence-corrected chi connectivity index (χ1v) is 10.5. The number of hydrogen-bond donors (Lipinski definition) is 0. The van der Waals surface area contributed by atoms with E-state index in [1.807, 2.05) is 44.2 Å². The molecule has 0 bridgehead atoms. The average molecular weight is 403 g/mol. The van der Waals surface area contributed by atoms with Crippen molar-refractivity contribution in [2.75, 3.05) is 6.61 Å². The third-order valence-electron chi connectivity index (χ3n) is 4.13. The number of rotatable bonds is 4. The van der Waals surface area contributed by atoms with E-state index in [2.05, 4.69) is 26.8 Å². The minimum atomic E-state index is -0.350. The van der Waals surface area contributed by atoms with Crippen LogP contribution in [0.5, 0.6) is 0 Å². The van der Waals surface area contributed by atoms with Gasteiger partial charge < -0.3 is 4.74 Å². The van der Waals surface area contributed by atoms with Gasteiger partial charge in [0.05, 0.1) is 6.61 Å². The molecule has 0 atom stereocenters. The smallest absolute Gasteiger partial charge is 0.372 e. The predicted molar refractivity (Wildman–Crippen MR) is 114 cm³/mol. The molecule has 3 nitrogen and oxygen atoms in total. The highest BCUT2D eigenvalue weighted by atomic mass is 32.2. The fourth-order valence-corrected chi connectivity index (χ4v) is 4.86. The second-order valence-corrected chi connectivity index (χ2v) is 9.24. The number of carbonyl (C=O) groups excluding carboxylic acids is 2. The van der Waals surface area contributed by atoms with Crippen LogP contribution in [0.3, 0.4) is 0 Å². The topological polar surface area (TPSA) is 43.4 Å². The molecular weight excluding hydrogens is 376 g/mol. The molecule has 0 aliphatic rings. The summed E-state index contributed by atoms with van der Waals surface area (Å²) in [5.41, 5.74) is 3.78. The van der Waals surface area contributed by atoms with Crippen LogP contribution >= 0.6 is 23.5 Å². The van der Waals surface area contributed by atoms with Gasteiger partial charge in [-0.2, -0.15) is 0 Å². The van der Waals surface area contributed by atoms with Gasteiger partial charge >= 0.3 is 5.30 Å². The van der Waals surface area contributed by atoms with Crippen LogP contribution in [0, 0.1) is 13.8 Å². The van der Waals surface area contributed by atoms with Crippen molar-refractivity contribution in [3.05, 3.63) is 58.7 Å². The fraction of sp³-hybridized carbons (Fsp3) is 0.364. The van der Waals surface area contributed by atoms with E-state index in [0.717, 1.165) is 32.7 Å². The highest BCUT2D eigenvalue weighted by Gasteiger charge is 2.25. The normalized spacial score (nSPS) is 11.3. The Balaban J connectivity index is 2.54. The van der Waals surface area contributed by atoms with Crippen molar-refractivity contribution in [3.63, 3.8) is 0 Å². The molecule has 0 saturated carbocycles. The van der Waals surface area contributed by atoms with Crippen LogP contribution in [0.1, 0.15) is 54.7 Å². The van der Waals surface area contributed by atoms with E-state index in [-0.39, 0.29) is 15.8 Å². The maximum absolute atomic E-state index is 12.8. The Kier molecular flexibility index (Phi) is 7.18. The van der Waals surface area contributed by atoms with Crippen molar-refractivity contribution in [2.45, 2.75) is 56.7 Å². The summed E-state index contributed by atoms with van der Waals surface area (Å²) in [6, 6.07) is 11.3. The van der Waals surface area contributed by atoms with Gasteiger partial charge in [0.2, 0.25) is 5.12 Å². The lowest BCUT2D eigenvalue weighted by molar-refractivity contribution is 0.108. The Hall–Kier alpha value is -1.72. The Morgan fingerprint density at radius 2 is 1.63 bits per heavy atom. The average Bonchev–Trinajstić information content (AvgIpc) is 2.60. The van der Waals surface area contributed by atoms with Crippen LogP contribution in [0.15, 0.2) is 46.2 Å². The Morgan fingerprint density at radius 3 is 2.19 bits per heavy atom. The molecule has 0 spiro atoms. The van der Waals surface area contributed by atoms with E-state index in [1.165, 1.54) is 17.3 Å². The molecule has 5 heteroatoms. The Labute approximate surface area is 170 Å². The zero-order valence-electron chi connectivity index (χ0n) is 16.7. The monoisotopic (exact) mass is 402 g/mol. The maximum Gasteiger partial charge on any atom is 0.372 e. The zero-order valence-corrected chi connectivity index (χ0v) is 18.3. The number of hydrogen-bond acceptors (Lipinski definition) is 5. The molecule has 0 fully saturated rings. The first-order valence-electron chi connectivity index (χ1n) is 8.91. The molecule has 144 valence electrons. The summed E-state index contributed by atoms with van der Waals surface area (Å²) >= 11 is 2.24. The number of benzene rings is 2. The Morgan fingerprint density at radius 1 is 1.00 bits per heavy atom. The van der Waals surface area contributed by atoms with Gasteiger partial charge in [-0.15, -0.1) is 0 Å². The molecule has 0 N–H and O–H groups in total. The molecule has 0 heterocycles.